The Hall–Kier alpha value is -0.980. The SMILES string of the molecule is CC(=O)O[C@@H]([C@H]1C[C@@H](C)[C@H]2[C@H](O1)[C@H](O)[C@@]1(C)[C@@H]3CC[C@H]4C(C)(C)[C@@H](O[C@H]5CN(CC(F)(F)F)CCO5)CC[C@@]45C[C@@]35CC[C@]21C)C(C)(C)O. The van der Waals surface area contributed by atoms with Crippen LogP contribution < -0.4 is 0 Å². The Morgan fingerprint density at radius 1 is 1.04 bits per heavy atom. The number of hydrogen-bond donors (Lipinski definition) is 2. The molecule has 0 unspecified atom stereocenters. The maximum absolute atomic E-state index is 13.1. The lowest BCUT2D eigenvalue weighted by molar-refractivity contribution is -0.255. The van der Waals surface area contributed by atoms with Crippen LogP contribution in [0.4, 0.5) is 13.2 Å². The van der Waals surface area contributed by atoms with Crippen molar-refractivity contribution in [2.45, 2.75) is 155 Å². The Bertz CT molecular complexity index is 1300. The minimum Gasteiger partial charge on any atom is -0.457 e. The Morgan fingerprint density at radius 2 is 1.71 bits per heavy atom. The van der Waals surface area contributed by atoms with E-state index in [1.54, 1.807) is 13.8 Å². The number of fused-ring (bicyclic) bond motifs is 4. The highest BCUT2D eigenvalue weighted by molar-refractivity contribution is 5.66. The summed E-state index contributed by atoms with van der Waals surface area (Å²) in [6.07, 6.45) is 0.473. The molecular formula is C38H60F3NO7. The number of carbonyl (C=O) groups excluding carboxylic acids is 1. The van der Waals surface area contributed by atoms with E-state index in [2.05, 4.69) is 34.6 Å². The van der Waals surface area contributed by atoms with Gasteiger partial charge in [-0.05, 0) is 111 Å². The average Bonchev–Trinajstić information content (AvgIpc) is 3.61. The number of morpholine rings is 1. The molecule has 14 atom stereocenters. The number of esters is 1. The molecule has 0 aromatic heterocycles. The molecule has 8 nitrogen and oxygen atoms in total. The zero-order valence-electron chi connectivity index (χ0n) is 30.8. The fourth-order valence-electron chi connectivity index (χ4n) is 13.9. The van der Waals surface area contributed by atoms with E-state index >= 15 is 0 Å². The average molecular weight is 700 g/mol. The summed E-state index contributed by atoms with van der Waals surface area (Å²) < 4.78 is 64.3. The van der Waals surface area contributed by atoms with E-state index in [0.717, 1.165) is 44.9 Å². The van der Waals surface area contributed by atoms with Crippen LogP contribution in [0.5, 0.6) is 0 Å². The van der Waals surface area contributed by atoms with Gasteiger partial charge in [0.2, 0.25) is 0 Å². The fraction of sp³-hybridized carbons (Fsp3) is 0.974. The normalized spacial score (nSPS) is 49.9. The van der Waals surface area contributed by atoms with Crippen LogP contribution in [0.25, 0.3) is 0 Å². The molecule has 280 valence electrons. The van der Waals surface area contributed by atoms with E-state index in [4.69, 9.17) is 18.9 Å². The van der Waals surface area contributed by atoms with E-state index in [0.29, 0.717) is 18.3 Å². The largest absolute Gasteiger partial charge is 0.457 e. The summed E-state index contributed by atoms with van der Waals surface area (Å²) in [5, 5.41) is 23.5. The first-order valence-electron chi connectivity index (χ1n) is 18.9. The predicted molar refractivity (Wildman–Crippen MR) is 175 cm³/mol. The summed E-state index contributed by atoms with van der Waals surface area (Å²) in [6, 6.07) is 0. The fourth-order valence-corrected chi connectivity index (χ4v) is 13.9. The standard InChI is InChI=1S/C38H60F3NO7/c1-21-17-23(31(33(5,6)45)47-22(2)43)48-29-28(21)34(7)13-14-37-19-36(37)12-11-26(49-27-18-42(15-16-46-27)20-38(39,40)41)32(3,4)24(36)9-10-25(37)35(34,8)30(29)44/h21,23-31,44-45H,9-20H2,1-8H3/t21-,23-,24+,25+,26+,27+,28+,29+,30+,31+,34-,35-,36-,37+/m1/s1. The predicted octanol–water partition coefficient (Wildman–Crippen LogP) is 6.11. The number of alkyl halides is 3. The molecule has 0 amide bonds. The van der Waals surface area contributed by atoms with Crippen LogP contribution in [-0.4, -0.2) is 95.9 Å². The molecule has 0 aromatic rings. The summed E-state index contributed by atoms with van der Waals surface area (Å²) >= 11 is 0. The number of aliphatic hydroxyl groups is 2. The number of hydrogen-bond acceptors (Lipinski definition) is 8. The van der Waals surface area contributed by atoms with Crippen molar-refractivity contribution in [1.29, 1.82) is 0 Å². The zero-order valence-corrected chi connectivity index (χ0v) is 30.8. The molecule has 7 fully saturated rings. The maximum Gasteiger partial charge on any atom is 0.401 e. The van der Waals surface area contributed by atoms with Gasteiger partial charge in [0.05, 0.1) is 43.2 Å². The molecule has 49 heavy (non-hydrogen) atoms. The van der Waals surface area contributed by atoms with Gasteiger partial charge in [-0.3, -0.25) is 9.69 Å². The second-order valence-corrected chi connectivity index (χ2v) is 19.0. The van der Waals surface area contributed by atoms with Crippen molar-refractivity contribution in [3.05, 3.63) is 0 Å². The summed E-state index contributed by atoms with van der Waals surface area (Å²) in [5.74, 6) is 0.676. The molecule has 0 aromatic carbocycles. The summed E-state index contributed by atoms with van der Waals surface area (Å²) in [6.45, 7) is 15.9. The monoisotopic (exact) mass is 699 g/mol. The lowest BCUT2D eigenvalue weighted by Crippen LogP contribution is -2.60. The third-order valence-corrected chi connectivity index (χ3v) is 15.9. The lowest BCUT2D eigenvalue weighted by atomic mass is 9.41. The molecule has 11 heteroatoms. The molecule has 0 radical (unpaired) electrons. The Morgan fingerprint density at radius 3 is 2.37 bits per heavy atom. The Labute approximate surface area is 290 Å². The molecule has 2 spiro atoms. The molecule has 7 rings (SSSR count). The smallest absolute Gasteiger partial charge is 0.401 e. The van der Waals surface area contributed by atoms with Gasteiger partial charge in [-0.2, -0.15) is 13.2 Å². The van der Waals surface area contributed by atoms with Gasteiger partial charge < -0.3 is 29.2 Å². The van der Waals surface area contributed by atoms with Gasteiger partial charge >= 0.3 is 12.1 Å². The molecule has 7 aliphatic rings. The number of aliphatic hydroxyl groups excluding tert-OH is 1. The van der Waals surface area contributed by atoms with Crippen molar-refractivity contribution in [3.63, 3.8) is 0 Å². The summed E-state index contributed by atoms with van der Waals surface area (Å²) in [4.78, 5) is 13.5. The zero-order chi connectivity index (χ0) is 35.7. The first kappa shape index (κ1) is 36.4. The van der Waals surface area contributed by atoms with E-state index in [1.807, 2.05) is 0 Å². The van der Waals surface area contributed by atoms with Crippen molar-refractivity contribution in [1.82, 2.24) is 4.90 Å². The topological polar surface area (TPSA) is 97.7 Å². The number of ether oxygens (including phenoxy) is 4. The molecular weight excluding hydrogens is 639 g/mol. The van der Waals surface area contributed by atoms with E-state index in [-0.39, 0.29) is 64.7 Å². The highest BCUT2D eigenvalue weighted by atomic mass is 19.4. The van der Waals surface area contributed by atoms with Crippen molar-refractivity contribution in [2.24, 2.45) is 50.7 Å². The highest BCUT2D eigenvalue weighted by Crippen LogP contribution is 2.89. The van der Waals surface area contributed by atoms with Crippen LogP contribution in [0.1, 0.15) is 107 Å². The second-order valence-electron chi connectivity index (χ2n) is 19.0. The summed E-state index contributed by atoms with van der Waals surface area (Å²) in [5.41, 5.74) is -1.64. The van der Waals surface area contributed by atoms with Gasteiger partial charge in [-0.1, -0.05) is 34.6 Å². The Balaban J connectivity index is 1.11. The number of nitrogens with zero attached hydrogens (tertiary/aromatic N) is 1. The first-order valence-corrected chi connectivity index (χ1v) is 18.9. The molecule has 0 bridgehead atoms. The Kier molecular flexibility index (Phi) is 8.54. The van der Waals surface area contributed by atoms with E-state index < -0.39 is 55.0 Å². The molecule has 2 heterocycles. The minimum atomic E-state index is -4.25. The van der Waals surface area contributed by atoms with Gasteiger partial charge in [0.25, 0.3) is 0 Å². The van der Waals surface area contributed by atoms with Crippen LogP contribution >= 0.6 is 0 Å². The number of rotatable bonds is 6. The molecule has 2 N–H and O–H groups in total. The second kappa shape index (κ2) is 11.5. The lowest BCUT2D eigenvalue weighted by Gasteiger charge is -2.64. The quantitative estimate of drug-likeness (QED) is 0.321. The summed E-state index contributed by atoms with van der Waals surface area (Å²) in [7, 11) is 0. The van der Waals surface area contributed by atoms with Gasteiger partial charge in [0, 0.05) is 25.4 Å². The van der Waals surface area contributed by atoms with Gasteiger partial charge in [-0.15, -0.1) is 0 Å². The number of halogens is 3. The van der Waals surface area contributed by atoms with Crippen molar-refractivity contribution >= 4 is 5.97 Å². The minimum absolute atomic E-state index is 0.0929. The first-order chi connectivity index (χ1) is 22.6. The van der Waals surface area contributed by atoms with Crippen molar-refractivity contribution in [3.8, 4) is 0 Å². The van der Waals surface area contributed by atoms with Crippen LogP contribution in [0.15, 0.2) is 0 Å². The molecule has 5 saturated carbocycles. The van der Waals surface area contributed by atoms with Gasteiger partial charge in [-0.25, -0.2) is 0 Å². The molecule has 5 aliphatic carbocycles. The maximum atomic E-state index is 13.1. The van der Waals surface area contributed by atoms with Gasteiger partial charge in [0.1, 0.15) is 0 Å². The van der Waals surface area contributed by atoms with Crippen molar-refractivity contribution < 1.29 is 47.1 Å². The van der Waals surface area contributed by atoms with Crippen LogP contribution in [0.3, 0.4) is 0 Å². The van der Waals surface area contributed by atoms with Crippen molar-refractivity contribution in [2.75, 3.05) is 26.2 Å². The van der Waals surface area contributed by atoms with Crippen LogP contribution in [0.2, 0.25) is 0 Å². The third-order valence-electron chi connectivity index (χ3n) is 15.9. The highest BCUT2D eigenvalue weighted by Gasteiger charge is 2.84. The third kappa shape index (κ3) is 5.31. The van der Waals surface area contributed by atoms with E-state index in [9.17, 15) is 28.2 Å². The van der Waals surface area contributed by atoms with E-state index in [1.165, 1.54) is 11.8 Å². The van der Waals surface area contributed by atoms with Crippen LogP contribution in [0, 0.1) is 50.7 Å². The molecule has 2 saturated heterocycles. The number of carbonyl (C=O) groups is 1. The van der Waals surface area contributed by atoms with Gasteiger partial charge in [0.15, 0.2) is 12.4 Å². The molecule has 2 aliphatic heterocycles. The van der Waals surface area contributed by atoms with Crippen LogP contribution in [-0.2, 0) is 23.7 Å².